The van der Waals surface area contributed by atoms with E-state index in [9.17, 15) is 27.1 Å². The Hall–Kier alpha value is -2.64. The van der Waals surface area contributed by atoms with Crippen LogP contribution in [0.5, 0.6) is 5.75 Å². The monoisotopic (exact) mass is 344 g/mol. The quantitative estimate of drug-likeness (QED) is 0.279. The van der Waals surface area contributed by atoms with Gasteiger partial charge in [0.15, 0.2) is 23.3 Å². The average molecular weight is 344 g/mol. The number of hydrogen-bond acceptors (Lipinski definition) is 3. The van der Waals surface area contributed by atoms with Crippen molar-refractivity contribution in [1.29, 1.82) is 0 Å². The lowest BCUT2D eigenvalue weighted by molar-refractivity contribution is 0.381. The second-order valence-electron chi connectivity index (χ2n) is 4.99. The summed E-state index contributed by atoms with van der Waals surface area (Å²) in [6.45, 7) is 3.41. The minimum atomic E-state index is -2.24. The van der Waals surface area contributed by atoms with E-state index in [-0.39, 0.29) is 23.4 Å². The second kappa shape index (κ2) is 6.86. The van der Waals surface area contributed by atoms with Gasteiger partial charge in [0.1, 0.15) is 11.4 Å². The largest absolute Gasteiger partial charge is 0.507 e. The Morgan fingerprint density at radius 2 is 1.54 bits per heavy atom. The zero-order valence-electron chi connectivity index (χ0n) is 12.7. The maximum atomic E-state index is 13.6. The average Bonchev–Trinajstić information content (AvgIpc) is 2.57. The van der Waals surface area contributed by atoms with Crippen molar-refractivity contribution in [3.8, 4) is 5.75 Å². The van der Waals surface area contributed by atoms with Gasteiger partial charge in [-0.25, -0.2) is 22.0 Å². The van der Waals surface area contributed by atoms with E-state index in [2.05, 4.69) is 5.10 Å². The number of anilines is 1. The van der Waals surface area contributed by atoms with Gasteiger partial charge >= 0.3 is 0 Å². The molecule has 0 spiro atoms. The highest BCUT2D eigenvalue weighted by Gasteiger charge is 2.25. The SMILES string of the molecule is CC/C(=N\Nc1c(F)c(F)c(F)c(F)c1F)c1cc(C)ccc1O. The molecule has 0 aliphatic carbocycles. The van der Waals surface area contributed by atoms with Gasteiger partial charge in [-0.05, 0) is 25.5 Å². The first-order chi connectivity index (χ1) is 11.3. The topological polar surface area (TPSA) is 44.6 Å². The van der Waals surface area contributed by atoms with Gasteiger partial charge in [0.2, 0.25) is 5.82 Å². The lowest BCUT2D eigenvalue weighted by atomic mass is 10.0. The molecule has 0 aliphatic heterocycles. The summed E-state index contributed by atoms with van der Waals surface area (Å²) in [5, 5.41) is 13.5. The van der Waals surface area contributed by atoms with Crippen LogP contribution in [-0.4, -0.2) is 10.8 Å². The summed E-state index contributed by atoms with van der Waals surface area (Å²) in [6.07, 6.45) is 0.236. The highest BCUT2D eigenvalue weighted by molar-refractivity contribution is 6.03. The summed E-state index contributed by atoms with van der Waals surface area (Å²) in [5.41, 5.74) is 1.87. The van der Waals surface area contributed by atoms with E-state index in [1.54, 1.807) is 26.0 Å². The van der Waals surface area contributed by atoms with Crippen molar-refractivity contribution < 1.29 is 27.1 Å². The van der Waals surface area contributed by atoms with Crippen LogP contribution in [-0.2, 0) is 0 Å². The van der Waals surface area contributed by atoms with Crippen molar-refractivity contribution in [2.75, 3.05) is 5.43 Å². The number of aryl methyl sites for hydroxylation is 1. The molecule has 0 aliphatic rings. The fraction of sp³-hybridized carbons (Fsp3) is 0.188. The van der Waals surface area contributed by atoms with Crippen LogP contribution in [0.25, 0.3) is 0 Å². The molecule has 0 aromatic heterocycles. The molecule has 0 amide bonds. The molecule has 24 heavy (non-hydrogen) atoms. The zero-order valence-corrected chi connectivity index (χ0v) is 12.7. The molecule has 2 aromatic rings. The van der Waals surface area contributed by atoms with Crippen molar-refractivity contribution >= 4 is 11.4 Å². The fourth-order valence-corrected chi connectivity index (χ4v) is 2.04. The van der Waals surface area contributed by atoms with Gasteiger partial charge in [-0.15, -0.1) is 0 Å². The lowest BCUT2D eigenvalue weighted by Crippen LogP contribution is -2.09. The van der Waals surface area contributed by atoms with E-state index in [4.69, 9.17) is 0 Å². The summed E-state index contributed by atoms with van der Waals surface area (Å²) >= 11 is 0. The molecular formula is C16H13F5N2O. The molecule has 8 heteroatoms. The van der Waals surface area contributed by atoms with Crippen LogP contribution >= 0.6 is 0 Å². The molecule has 0 fully saturated rings. The van der Waals surface area contributed by atoms with Gasteiger partial charge < -0.3 is 5.11 Å². The third-order valence-corrected chi connectivity index (χ3v) is 3.31. The minimum Gasteiger partial charge on any atom is -0.507 e. The number of hydrazone groups is 1. The van der Waals surface area contributed by atoms with E-state index >= 15 is 0 Å². The van der Waals surface area contributed by atoms with Crippen LogP contribution in [0.3, 0.4) is 0 Å². The van der Waals surface area contributed by atoms with Gasteiger partial charge in [-0.3, -0.25) is 5.43 Å². The van der Waals surface area contributed by atoms with Crippen molar-refractivity contribution in [3.05, 3.63) is 58.4 Å². The number of phenolic OH excluding ortho intramolecular Hbond substituents is 1. The molecule has 2 N–H and O–H groups in total. The molecule has 3 nitrogen and oxygen atoms in total. The minimum absolute atomic E-state index is 0.125. The molecule has 0 saturated carbocycles. The third kappa shape index (κ3) is 3.17. The number of aromatic hydroxyl groups is 1. The highest BCUT2D eigenvalue weighted by atomic mass is 19.2. The Kier molecular flexibility index (Phi) is 5.06. The van der Waals surface area contributed by atoms with Crippen LogP contribution in [0.1, 0.15) is 24.5 Å². The van der Waals surface area contributed by atoms with Crippen molar-refractivity contribution in [1.82, 2.24) is 0 Å². The first-order valence-electron chi connectivity index (χ1n) is 6.91. The zero-order chi connectivity index (χ0) is 18.0. The standard InChI is InChI=1S/C16H13F5N2O/c1-3-9(8-6-7(2)4-5-10(8)24)22-23-16-14(20)12(18)11(17)13(19)15(16)21/h4-6,23-24H,3H2,1-2H3/b22-9+. The predicted molar refractivity (Wildman–Crippen MR) is 79.5 cm³/mol. The van der Waals surface area contributed by atoms with Crippen LogP contribution in [0, 0.1) is 36.0 Å². The maximum Gasteiger partial charge on any atom is 0.200 e. The highest BCUT2D eigenvalue weighted by Crippen LogP contribution is 2.27. The Balaban J connectivity index is 2.47. The summed E-state index contributed by atoms with van der Waals surface area (Å²) in [7, 11) is 0. The van der Waals surface area contributed by atoms with Gasteiger partial charge in [0.05, 0.1) is 5.71 Å². The molecule has 0 unspecified atom stereocenters. The Labute approximate surface area is 134 Å². The van der Waals surface area contributed by atoms with E-state index in [1.165, 1.54) is 6.07 Å². The van der Waals surface area contributed by atoms with Gasteiger partial charge in [-0.2, -0.15) is 5.10 Å². The molecule has 2 aromatic carbocycles. The molecule has 2 rings (SSSR count). The molecule has 0 radical (unpaired) electrons. The molecule has 0 saturated heterocycles. The number of hydrogen-bond donors (Lipinski definition) is 2. The molecule has 0 atom stereocenters. The summed E-state index contributed by atoms with van der Waals surface area (Å²) < 4.78 is 66.5. The first kappa shape index (κ1) is 17.7. The molecule has 128 valence electrons. The normalized spacial score (nSPS) is 11.7. The van der Waals surface area contributed by atoms with Gasteiger partial charge in [0, 0.05) is 5.56 Å². The fourth-order valence-electron chi connectivity index (χ4n) is 2.04. The number of phenols is 1. The summed E-state index contributed by atoms with van der Waals surface area (Å²) in [4.78, 5) is 0. The van der Waals surface area contributed by atoms with Crippen molar-refractivity contribution in [2.45, 2.75) is 20.3 Å². The second-order valence-corrected chi connectivity index (χ2v) is 4.99. The van der Waals surface area contributed by atoms with Crippen molar-refractivity contribution in [3.63, 3.8) is 0 Å². The Morgan fingerprint density at radius 3 is 2.08 bits per heavy atom. The molecule has 0 heterocycles. The third-order valence-electron chi connectivity index (χ3n) is 3.31. The molecule has 0 bridgehead atoms. The van der Waals surface area contributed by atoms with Gasteiger partial charge in [-0.1, -0.05) is 18.6 Å². The number of rotatable bonds is 4. The van der Waals surface area contributed by atoms with Crippen LogP contribution in [0.2, 0.25) is 0 Å². The lowest BCUT2D eigenvalue weighted by Gasteiger charge is -2.11. The number of benzene rings is 2. The predicted octanol–water partition coefficient (Wildman–Crippen LogP) is 4.62. The first-order valence-corrected chi connectivity index (χ1v) is 6.91. The van der Waals surface area contributed by atoms with E-state index < -0.39 is 34.8 Å². The van der Waals surface area contributed by atoms with Crippen LogP contribution in [0.15, 0.2) is 23.3 Å². The molecular weight excluding hydrogens is 331 g/mol. The number of nitrogens with one attached hydrogen (secondary N) is 1. The van der Waals surface area contributed by atoms with E-state index in [0.717, 1.165) is 5.56 Å². The summed E-state index contributed by atoms with van der Waals surface area (Å²) in [5.74, 6) is -10.5. The number of halogens is 5. The Morgan fingerprint density at radius 1 is 1.00 bits per heavy atom. The van der Waals surface area contributed by atoms with Crippen molar-refractivity contribution in [2.24, 2.45) is 5.10 Å². The van der Waals surface area contributed by atoms with Crippen LogP contribution in [0.4, 0.5) is 27.6 Å². The van der Waals surface area contributed by atoms with Gasteiger partial charge in [0.25, 0.3) is 0 Å². The van der Waals surface area contributed by atoms with E-state index in [1.807, 2.05) is 5.43 Å². The Bertz CT molecular complexity index is 792. The smallest absolute Gasteiger partial charge is 0.200 e. The summed E-state index contributed by atoms with van der Waals surface area (Å²) in [6, 6.07) is 4.63. The maximum absolute atomic E-state index is 13.6. The number of nitrogens with zero attached hydrogens (tertiary/aromatic N) is 1. The van der Waals surface area contributed by atoms with E-state index in [0.29, 0.717) is 0 Å². The van der Waals surface area contributed by atoms with Crippen LogP contribution < -0.4 is 5.43 Å².